The van der Waals surface area contributed by atoms with E-state index < -0.39 is 5.76 Å². The fourth-order valence-corrected chi connectivity index (χ4v) is 5.69. The second kappa shape index (κ2) is 11.9. The predicted molar refractivity (Wildman–Crippen MR) is 153 cm³/mol. The minimum Gasteiger partial charge on any atom is -0.268 e. The highest BCUT2D eigenvalue weighted by Gasteiger charge is 2.43. The third-order valence-electron chi connectivity index (χ3n) is 6.67. The molecule has 3 aromatic carbocycles. The molecule has 3 aromatic rings. The van der Waals surface area contributed by atoms with Crippen molar-refractivity contribution in [2.24, 2.45) is 11.0 Å². The summed E-state index contributed by atoms with van der Waals surface area (Å²) < 4.78 is 25.2. The maximum atomic E-state index is 13.5. The predicted octanol–water partition coefficient (Wildman–Crippen LogP) is 9.14. The van der Waals surface area contributed by atoms with Gasteiger partial charge in [-0.1, -0.05) is 71.4 Å². The molecule has 1 amide bonds. The van der Waals surface area contributed by atoms with Gasteiger partial charge in [0.2, 0.25) is 0 Å². The zero-order chi connectivity index (χ0) is 26.6. The molecule has 0 unspecified atom stereocenters. The topological polar surface area (TPSA) is 32.7 Å². The molecule has 0 bridgehead atoms. The highest BCUT2D eigenvalue weighted by Crippen LogP contribution is 2.44. The molecule has 8 heteroatoms. The van der Waals surface area contributed by atoms with Crippen LogP contribution in [0.15, 0.2) is 94.4 Å². The summed E-state index contributed by atoms with van der Waals surface area (Å²) in [6, 6.07) is 21.7. The number of hydrogen-bond donors (Lipinski definition) is 0. The van der Waals surface area contributed by atoms with Crippen molar-refractivity contribution in [3.63, 3.8) is 0 Å². The van der Waals surface area contributed by atoms with E-state index in [1.54, 1.807) is 35.4 Å². The summed E-state index contributed by atoms with van der Waals surface area (Å²) in [7, 11) is 0. The summed E-state index contributed by atoms with van der Waals surface area (Å²) in [5.74, 6) is -2.66. The first-order chi connectivity index (χ1) is 18.4. The molecule has 2 aliphatic rings. The van der Waals surface area contributed by atoms with E-state index in [4.69, 9.17) is 28.3 Å². The van der Waals surface area contributed by atoms with Crippen molar-refractivity contribution >= 4 is 58.7 Å². The van der Waals surface area contributed by atoms with Crippen LogP contribution in [-0.4, -0.2) is 22.4 Å². The average Bonchev–Trinajstić information content (AvgIpc) is 3.30. The number of amides is 1. The second-order valence-electron chi connectivity index (χ2n) is 9.17. The highest BCUT2D eigenvalue weighted by molar-refractivity contribution is 7.99. The van der Waals surface area contributed by atoms with Gasteiger partial charge < -0.3 is 0 Å². The maximum absolute atomic E-state index is 13.5. The number of nitrogens with zero attached hydrogens (tertiary/aromatic N) is 2. The smallest absolute Gasteiger partial charge is 0.268 e. The van der Waals surface area contributed by atoms with Gasteiger partial charge in [0.25, 0.3) is 11.7 Å². The molecule has 3 nitrogen and oxygen atoms in total. The standard InChI is InChI=1S/C30H24Cl2F2N2OS/c31-23-11-4-20(5-12-23)18-22-2-1-3-26-28(22)35-36(29(26)21-9-13-24(32)14-10-21)27(37)17-8-19-6-15-25(16-7-19)38-30(33)34/h4-18,26,29-30H,1-3H2/b17-8+,22-18-/t26-,29-/m1/s1. The van der Waals surface area contributed by atoms with Crippen molar-refractivity contribution in [2.75, 3.05) is 0 Å². The van der Waals surface area contributed by atoms with Crippen LogP contribution in [0, 0.1) is 5.92 Å². The molecular weight excluding hydrogens is 545 g/mol. The first-order valence-corrected chi connectivity index (χ1v) is 13.9. The average molecular weight is 570 g/mol. The van der Waals surface area contributed by atoms with Gasteiger partial charge in [0, 0.05) is 26.9 Å². The number of carbonyl (C=O) groups is 1. The zero-order valence-electron chi connectivity index (χ0n) is 20.2. The van der Waals surface area contributed by atoms with E-state index in [0.717, 1.165) is 47.2 Å². The second-order valence-corrected chi connectivity index (χ2v) is 11.1. The molecule has 5 rings (SSSR count). The Morgan fingerprint density at radius 1 is 0.947 bits per heavy atom. The molecule has 0 aromatic heterocycles. The van der Waals surface area contributed by atoms with Crippen molar-refractivity contribution < 1.29 is 13.6 Å². The van der Waals surface area contributed by atoms with Crippen LogP contribution in [0.5, 0.6) is 0 Å². The molecule has 38 heavy (non-hydrogen) atoms. The number of rotatable bonds is 6. The Bertz CT molecular complexity index is 1390. The van der Waals surface area contributed by atoms with E-state index >= 15 is 0 Å². The van der Waals surface area contributed by atoms with Crippen LogP contribution in [0.1, 0.15) is 42.0 Å². The summed E-state index contributed by atoms with van der Waals surface area (Å²) in [5, 5.41) is 7.76. The number of hydrogen-bond acceptors (Lipinski definition) is 3. The Balaban J connectivity index is 1.45. The van der Waals surface area contributed by atoms with Gasteiger partial charge in [0.15, 0.2) is 0 Å². The number of benzene rings is 3. The lowest BCUT2D eigenvalue weighted by Crippen LogP contribution is -2.30. The van der Waals surface area contributed by atoms with Crippen molar-refractivity contribution in [1.29, 1.82) is 0 Å². The normalized spacial score (nSPS) is 20.3. The molecule has 1 aliphatic carbocycles. The summed E-state index contributed by atoms with van der Waals surface area (Å²) in [6.07, 6.45) is 8.09. The van der Waals surface area contributed by atoms with Crippen LogP contribution in [0.25, 0.3) is 12.2 Å². The van der Waals surface area contributed by atoms with Gasteiger partial charge >= 0.3 is 0 Å². The number of alkyl halides is 2. The Hall–Kier alpha value is -2.93. The van der Waals surface area contributed by atoms with Crippen LogP contribution in [-0.2, 0) is 4.79 Å². The van der Waals surface area contributed by atoms with Crippen molar-refractivity contribution in [2.45, 2.75) is 36.0 Å². The fourth-order valence-electron chi connectivity index (χ4n) is 4.94. The fraction of sp³-hybridized carbons (Fsp3) is 0.200. The SMILES string of the molecule is O=C(/C=C/c1ccc(SC(F)F)cc1)N1N=C2/C(=C\c3ccc(Cl)cc3)CCC[C@H]2[C@H]1c1ccc(Cl)cc1. The van der Waals surface area contributed by atoms with E-state index in [1.165, 1.54) is 6.08 Å². The lowest BCUT2D eigenvalue weighted by atomic mass is 9.77. The molecule has 1 fully saturated rings. The van der Waals surface area contributed by atoms with Gasteiger partial charge in [0.05, 0.1) is 11.8 Å². The lowest BCUT2D eigenvalue weighted by molar-refractivity contribution is -0.128. The number of allylic oxidation sites excluding steroid dienone is 1. The van der Waals surface area contributed by atoms with Gasteiger partial charge in [-0.15, -0.1) is 0 Å². The minimum absolute atomic E-state index is 0.0616. The Kier molecular flexibility index (Phi) is 8.32. The monoisotopic (exact) mass is 568 g/mol. The van der Waals surface area contributed by atoms with Gasteiger partial charge in [-0.25, -0.2) is 5.01 Å². The minimum atomic E-state index is -2.47. The molecule has 0 saturated heterocycles. The summed E-state index contributed by atoms with van der Waals surface area (Å²) in [4.78, 5) is 14.0. The largest absolute Gasteiger partial charge is 0.288 e. The number of fused-ring (bicyclic) bond motifs is 1. The number of hydrazone groups is 1. The Labute approximate surface area is 234 Å². The zero-order valence-corrected chi connectivity index (χ0v) is 22.6. The molecule has 194 valence electrons. The molecule has 1 saturated carbocycles. The van der Waals surface area contributed by atoms with Crippen molar-refractivity contribution in [3.8, 4) is 0 Å². The molecular formula is C30H24Cl2F2N2OS. The van der Waals surface area contributed by atoms with Crippen LogP contribution in [0.4, 0.5) is 8.78 Å². The molecule has 0 N–H and O–H groups in total. The van der Waals surface area contributed by atoms with E-state index in [0.29, 0.717) is 26.7 Å². The van der Waals surface area contributed by atoms with Gasteiger partial charge in [-0.2, -0.15) is 13.9 Å². The third-order valence-corrected chi connectivity index (χ3v) is 7.90. The first-order valence-electron chi connectivity index (χ1n) is 12.2. The van der Waals surface area contributed by atoms with Gasteiger partial charge in [-0.05, 0) is 90.1 Å². The lowest BCUT2D eigenvalue weighted by Gasteiger charge is -2.29. The van der Waals surface area contributed by atoms with Crippen LogP contribution < -0.4 is 0 Å². The van der Waals surface area contributed by atoms with E-state index in [2.05, 4.69) is 6.08 Å². The summed E-state index contributed by atoms with van der Waals surface area (Å²) in [5.41, 5.74) is 4.80. The summed E-state index contributed by atoms with van der Waals surface area (Å²) >= 11 is 12.7. The van der Waals surface area contributed by atoms with Crippen molar-refractivity contribution in [3.05, 3.63) is 111 Å². The van der Waals surface area contributed by atoms with E-state index in [9.17, 15) is 13.6 Å². The van der Waals surface area contributed by atoms with Crippen LogP contribution in [0.3, 0.4) is 0 Å². The molecule has 2 atom stereocenters. The number of carbonyl (C=O) groups excluding carboxylic acids is 1. The quantitative estimate of drug-likeness (QED) is 0.219. The number of thioether (sulfide) groups is 1. The Morgan fingerprint density at radius 2 is 1.58 bits per heavy atom. The van der Waals surface area contributed by atoms with Crippen LogP contribution >= 0.6 is 35.0 Å². The molecule has 1 heterocycles. The molecule has 1 aliphatic heterocycles. The molecule has 0 spiro atoms. The summed E-state index contributed by atoms with van der Waals surface area (Å²) in [6.45, 7) is 0. The van der Waals surface area contributed by atoms with E-state index in [1.807, 2.05) is 48.5 Å². The van der Waals surface area contributed by atoms with Gasteiger partial charge in [-0.3, -0.25) is 4.79 Å². The Morgan fingerprint density at radius 3 is 2.24 bits per heavy atom. The van der Waals surface area contributed by atoms with E-state index in [-0.39, 0.29) is 17.9 Å². The molecule has 0 radical (unpaired) electrons. The maximum Gasteiger partial charge on any atom is 0.288 e. The van der Waals surface area contributed by atoms with Crippen LogP contribution in [0.2, 0.25) is 10.0 Å². The van der Waals surface area contributed by atoms with Gasteiger partial charge in [0.1, 0.15) is 0 Å². The highest BCUT2D eigenvalue weighted by atomic mass is 35.5. The first kappa shape index (κ1) is 26.7. The third kappa shape index (κ3) is 6.20. The van der Waals surface area contributed by atoms with Crippen molar-refractivity contribution in [1.82, 2.24) is 5.01 Å². The number of halogens is 4.